The van der Waals surface area contributed by atoms with Gasteiger partial charge in [0.05, 0.1) is 32.8 Å². The molecule has 97 heavy (non-hydrogen) atoms. The summed E-state index contributed by atoms with van der Waals surface area (Å²) in [5.41, 5.74) is 20.2. The highest BCUT2D eigenvalue weighted by molar-refractivity contribution is 6.15. The van der Waals surface area contributed by atoms with Crippen molar-refractivity contribution in [3.8, 4) is 33.8 Å². The van der Waals surface area contributed by atoms with Gasteiger partial charge in [-0.1, -0.05) is 151 Å². The van der Waals surface area contributed by atoms with Crippen molar-refractivity contribution in [3.05, 3.63) is 270 Å². The first-order valence-electron chi connectivity index (χ1n) is 34.6. The van der Waals surface area contributed by atoms with Gasteiger partial charge in [-0.2, -0.15) is 0 Å². The fraction of sp³-hybridized carbons (Fsp3) is 0.176. The Bertz CT molecular complexity index is 6290. The molecule has 0 atom stereocenters. The summed E-state index contributed by atoms with van der Waals surface area (Å²) in [6.45, 7) is 19.4. The maximum atomic E-state index is 8.42. The molecule has 474 valence electrons. The number of benzene rings is 12. The van der Waals surface area contributed by atoms with Crippen LogP contribution in [0.15, 0.2) is 250 Å². The molecule has 6 heterocycles. The van der Waals surface area contributed by atoms with Gasteiger partial charge < -0.3 is 13.3 Å². The van der Waals surface area contributed by atoms with Crippen molar-refractivity contribution in [2.45, 2.75) is 80.5 Å². The zero-order valence-corrected chi connectivity index (χ0v) is 57.4. The monoisotopic (exact) mass is 1260 g/mol. The molecule has 12 aromatic carbocycles. The molecule has 0 bridgehead atoms. The highest BCUT2D eigenvalue weighted by Crippen LogP contribution is 2.43. The van der Waals surface area contributed by atoms with Crippen molar-refractivity contribution in [1.82, 2.24) is 0 Å². The number of hydrogen-bond donors (Lipinski definition) is 0. The third kappa shape index (κ3) is 10.6. The standard InChI is InChI=1S/C31H28NO.2C30H26NO/c1-19(2)15-21-9-10-26-24(16-21)13-14-32(4)30(26)25-11-12-27-28-17-22-7-5-6-8-23(22)18-29(28)33-31(27)20(25)3;2*1-18(2)20-9-10-25-23(15-20)13-14-31(4)29(25)24-11-12-26-27-16-21-7-5-6-8-22(21)17-28(27)32-30(26)19(24)3/h5-14,16-19H,15H2,1-4H3;2*5-18H,1-4H3/q3*+1/i;18D;. The van der Waals surface area contributed by atoms with E-state index in [0.717, 1.165) is 78.5 Å². The van der Waals surface area contributed by atoms with Crippen LogP contribution < -0.4 is 13.7 Å². The maximum absolute atomic E-state index is 8.42. The molecule has 6 aromatic heterocycles. The average molecular weight is 1260 g/mol. The maximum Gasteiger partial charge on any atom is 0.220 e. The molecule has 0 fully saturated rings. The molecule has 6 heteroatoms. The van der Waals surface area contributed by atoms with E-state index in [4.69, 9.17) is 14.6 Å². The third-order valence-corrected chi connectivity index (χ3v) is 20.4. The van der Waals surface area contributed by atoms with Crippen LogP contribution in [-0.4, -0.2) is 0 Å². The van der Waals surface area contributed by atoms with Gasteiger partial charge in [0.1, 0.15) is 54.6 Å². The lowest BCUT2D eigenvalue weighted by molar-refractivity contribution is -0.659. The Morgan fingerprint density at radius 2 is 0.639 bits per heavy atom. The number of hydrogen-bond acceptors (Lipinski definition) is 3. The second-order valence-electron chi connectivity index (χ2n) is 27.9. The van der Waals surface area contributed by atoms with E-state index < -0.39 is 5.89 Å². The van der Waals surface area contributed by atoms with E-state index in [0.29, 0.717) is 11.8 Å². The topological polar surface area (TPSA) is 51.1 Å². The number of aromatic nitrogens is 3. The van der Waals surface area contributed by atoms with E-state index in [1.54, 1.807) is 0 Å². The summed E-state index contributed by atoms with van der Waals surface area (Å²) in [6, 6.07) is 78.7. The number of rotatable bonds is 7. The molecule has 18 rings (SSSR count). The number of aryl methyl sites for hydroxylation is 6. The van der Waals surface area contributed by atoms with E-state index in [1.807, 2.05) is 13.8 Å². The lowest BCUT2D eigenvalue weighted by atomic mass is 9.94. The Morgan fingerprint density at radius 3 is 0.990 bits per heavy atom. The summed E-state index contributed by atoms with van der Waals surface area (Å²) in [5.74, 6) is 0.538. The van der Waals surface area contributed by atoms with E-state index in [1.165, 1.54) is 126 Å². The highest BCUT2D eigenvalue weighted by Gasteiger charge is 2.26. The Labute approximate surface area is 567 Å². The second kappa shape index (κ2) is 24.1. The van der Waals surface area contributed by atoms with Gasteiger partial charge >= 0.3 is 0 Å². The quantitative estimate of drug-likeness (QED) is 0.149. The van der Waals surface area contributed by atoms with E-state index in [-0.39, 0.29) is 0 Å². The Kier molecular flexibility index (Phi) is 14.8. The van der Waals surface area contributed by atoms with E-state index in [9.17, 15) is 0 Å². The van der Waals surface area contributed by atoms with Gasteiger partial charge in [-0.3, -0.25) is 0 Å². The number of pyridine rings is 3. The molecule has 18 aromatic rings. The second-order valence-corrected chi connectivity index (χ2v) is 27.9. The van der Waals surface area contributed by atoms with Gasteiger partial charge in [0.15, 0.2) is 18.6 Å². The van der Waals surface area contributed by atoms with Crippen molar-refractivity contribution >= 4 is 130 Å². The highest BCUT2D eigenvalue weighted by atomic mass is 16.3. The summed E-state index contributed by atoms with van der Waals surface area (Å²) in [4.78, 5) is 0. The van der Waals surface area contributed by atoms with Gasteiger partial charge in [-0.25, -0.2) is 13.7 Å². The Balaban J connectivity index is 0.000000115. The minimum absolute atomic E-state index is 0.515. The van der Waals surface area contributed by atoms with Gasteiger partial charge in [-0.05, 0) is 201 Å². The fourth-order valence-electron chi connectivity index (χ4n) is 15.2. The van der Waals surface area contributed by atoms with Crippen LogP contribution in [0.5, 0.6) is 0 Å². The molecule has 0 N–H and O–H groups in total. The van der Waals surface area contributed by atoms with E-state index in [2.05, 4.69) is 320 Å². The lowest BCUT2D eigenvalue weighted by Crippen LogP contribution is -2.30. The molecule has 0 aliphatic carbocycles. The molecule has 0 amide bonds. The molecule has 0 spiro atoms. The molecular formula is C91H80N3O3+3. The largest absolute Gasteiger partial charge is 0.456 e. The normalized spacial score (nSPS) is 12.3. The molecule has 6 nitrogen and oxygen atoms in total. The summed E-state index contributed by atoms with van der Waals surface area (Å²) in [7, 11) is 6.35. The van der Waals surface area contributed by atoms with Gasteiger partial charge in [0.2, 0.25) is 17.1 Å². The smallest absolute Gasteiger partial charge is 0.220 e. The van der Waals surface area contributed by atoms with Gasteiger partial charge in [-0.15, -0.1) is 0 Å². The summed E-state index contributed by atoms with van der Waals surface area (Å²) < 4.78 is 34.4. The summed E-state index contributed by atoms with van der Waals surface area (Å²) in [5, 5.41) is 21.8. The first-order chi connectivity index (χ1) is 47.3. The molecule has 0 aliphatic rings. The van der Waals surface area contributed by atoms with Crippen LogP contribution >= 0.6 is 0 Å². The fourth-order valence-corrected chi connectivity index (χ4v) is 15.2. The number of furan rings is 3. The molecule has 0 saturated heterocycles. The summed E-state index contributed by atoms with van der Waals surface area (Å²) in [6.07, 6.45) is 7.54. The van der Waals surface area contributed by atoms with Crippen molar-refractivity contribution in [3.63, 3.8) is 0 Å². The van der Waals surface area contributed by atoms with Crippen LogP contribution in [0.1, 0.15) is 88.1 Å². The minimum Gasteiger partial charge on any atom is -0.456 e. The minimum atomic E-state index is -0.626. The lowest BCUT2D eigenvalue weighted by Gasteiger charge is -2.11. The predicted molar refractivity (Wildman–Crippen MR) is 407 cm³/mol. The van der Waals surface area contributed by atoms with E-state index >= 15 is 0 Å². The van der Waals surface area contributed by atoms with Crippen LogP contribution in [-0.2, 0) is 27.6 Å². The predicted octanol–water partition coefficient (Wildman–Crippen LogP) is 23.5. The SMILES string of the molecule is Cc1c(-c2c3ccc(C(C)C)cc3cc[n+]2C)ccc2c1oc1cc3ccccc3cc12.Cc1c(-c2c3ccc(CC(C)C)cc3cc[n+]2C)ccc2c1oc1cc3ccccc3cc12.[2H]C(C)(C)c1ccc2c(-c3ccc4c(oc5cc6ccccc6cc54)c3C)[n+](C)ccc2c1. The van der Waals surface area contributed by atoms with Crippen molar-refractivity contribution in [2.24, 2.45) is 27.1 Å². The zero-order valence-electron chi connectivity index (χ0n) is 58.4. The van der Waals surface area contributed by atoms with Crippen LogP contribution in [0.2, 0.25) is 0 Å². The van der Waals surface area contributed by atoms with Gasteiger partial charge in [0.25, 0.3) is 0 Å². The van der Waals surface area contributed by atoms with Crippen molar-refractivity contribution in [2.75, 3.05) is 0 Å². The number of fused-ring (bicyclic) bond motifs is 15. The molecule has 0 saturated carbocycles. The van der Waals surface area contributed by atoms with Gasteiger partial charge in [0, 0.05) is 68.6 Å². The van der Waals surface area contributed by atoms with Crippen LogP contribution in [0.3, 0.4) is 0 Å². The summed E-state index contributed by atoms with van der Waals surface area (Å²) >= 11 is 0. The van der Waals surface area contributed by atoms with Crippen molar-refractivity contribution < 1.29 is 28.3 Å². The average Bonchev–Trinajstić information content (AvgIpc) is 1.20. The molecule has 0 unspecified atom stereocenters. The molecule has 0 radical (unpaired) electrons. The third-order valence-electron chi connectivity index (χ3n) is 20.4. The molecular weight excluding hydrogens is 1180 g/mol. The molecule has 0 aliphatic heterocycles. The van der Waals surface area contributed by atoms with Crippen LogP contribution in [0.4, 0.5) is 0 Å². The Hall–Kier alpha value is -11.0. The first kappa shape index (κ1) is 59.8. The van der Waals surface area contributed by atoms with Crippen LogP contribution in [0, 0.1) is 26.7 Å². The Morgan fingerprint density at radius 1 is 0.320 bits per heavy atom. The van der Waals surface area contributed by atoms with Crippen LogP contribution in [0.25, 0.3) is 164 Å². The first-order valence-corrected chi connectivity index (χ1v) is 34.1. The number of nitrogens with zero attached hydrogens (tertiary/aromatic N) is 3. The zero-order chi connectivity index (χ0) is 67.6. The van der Waals surface area contributed by atoms with Crippen molar-refractivity contribution in [1.29, 1.82) is 0 Å².